The minimum atomic E-state index is -0.244. The topological polar surface area (TPSA) is 105 Å². The second-order valence-electron chi connectivity index (χ2n) is 6.55. The summed E-state index contributed by atoms with van der Waals surface area (Å²) in [5.74, 6) is 0.871. The van der Waals surface area contributed by atoms with Gasteiger partial charge in [-0.25, -0.2) is 9.67 Å². The van der Waals surface area contributed by atoms with E-state index in [1.54, 1.807) is 29.0 Å². The van der Waals surface area contributed by atoms with Gasteiger partial charge >= 0.3 is 0 Å². The van der Waals surface area contributed by atoms with E-state index in [4.69, 9.17) is 18.7 Å². The van der Waals surface area contributed by atoms with E-state index < -0.39 is 0 Å². The van der Waals surface area contributed by atoms with Crippen LogP contribution in [-0.2, 0) is 16.1 Å². The van der Waals surface area contributed by atoms with Crippen molar-refractivity contribution >= 4 is 5.91 Å². The van der Waals surface area contributed by atoms with Crippen LogP contribution >= 0.6 is 0 Å². The van der Waals surface area contributed by atoms with Gasteiger partial charge in [0.2, 0.25) is 0 Å². The summed E-state index contributed by atoms with van der Waals surface area (Å²) in [5.41, 5.74) is 1.10. The first-order chi connectivity index (χ1) is 14.2. The summed E-state index contributed by atoms with van der Waals surface area (Å²) in [6.07, 6.45) is 2.96. The van der Waals surface area contributed by atoms with Gasteiger partial charge in [0.05, 0.1) is 31.6 Å². The zero-order valence-corrected chi connectivity index (χ0v) is 15.9. The van der Waals surface area contributed by atoms with Crippen molar-refractivity contribution in [3.63, 3.8) is 0 Å². The SMILES string of the molecule is CN(C[C@@H]1COCCO1)C(=O)c1cc(COc2ccc(-n3cncn3)cc2)on1. The third kappa shape index (κ3) is 4.79. The molecule has 1 saturated heterocycles. The maximum atomic E-state index is 12.5. The molecule has 0 N–H and O–H groups in total. The number of hydrogen-bond acceptors (Lipinski definition) is 8. The van der Waals surface area contributed by atoms with Crippen molar-refractivity contribution in [3.05, 3.63) is 54.4 Å². The van der Waals surface area contributed by atoms with Gasteiger partial charge in [-0.2, -0.15) is 5.10 Å². The van der Waals surface area contributed by atoms with Gasteiger partial charge in [0.1, 0.15) is 25.0 Å². The second kappa shape index (κ2) is 8.84. The molecule has 3 aromatic rings. The van der Waals surface area contributed by atoms with Crippen molar-refractivity contribution in [1.82, 2.24) is 24.8 Å². The predicted molar refractivity (Wildman–Crippen MR) is 99.7 cm³/mol. The van der Waals surface area contributed by atoms with Crippen LogP contribution in [0, 0.1) is 0 Å². The Morgan fingerprint density at radius 2 is 2.17 bits per heavy atom. The summed E-state index contributed by atoms with van der Waals surface area (Å²) >= 11 is 0. The Kier molecular flexibility index (Phi) is 5.82. The van der Waals surface area contributed by atoms with Crippen LogP contribution in [0.25, 0.3) is 5.69 Å². The summed E-state index contributed by atoms with van der Waals surface area (Å²) in [4.78, 5) is 18.0. The number of amides is 1. The van der Waals surface area contributed by atoms with E-state index in [1.165, 1.54) is 6.33 Å². The number of hydrogen-bond donors (Lipinski definition) is 0. The highest BCUT2D eigenvalue weighted by Gasteiger charge is 2.22. The van der Waals surface area contributed by atoms with E-state index >= 15 is 0 Å². The highest BCUT2D eigenvalue weighted by atomic mass is 16.6. The van der Waals surface area contributed by atoms with Gasteiger partial charge in [-0.05, 0) is 24.3 Å². The molecule has 4 rings (SSSR count). The number of ether oxygens (including phenoxy) is 3. The maximum Gasteiger partial charge on any atom is 0.275 e. The van der Waals surface area contributed by atoms with Crippen molar-refractivity contribution in [1.29, 1.82) is 0 Å². The molecule has 0 aliphatic carbocycles. The monoisotopic (exact) mass is 399 g/mol. The number of carbonyl (C=O) groups excluding carboxylic acids is 1. The van der Waals surface area contributed by atoms with E-state index in [-0.39, 0.29) is 24.3 Å². The van der Waals surface area contributed by atoms with Crippen molar-refractivity contribution in [2.24, 2.45) is 0 Å². The van der Waals surface area contributed by atoms with Gasteiger partial charge in [0.15, 0.2) is 11.5 Å². The number of carbonyl (C=O) groups is 1. The number of nitrogens with zero attached hydrogens (tertiary/aromatic N) is 5. The highest BCUT2D eigenvalue weighted by molar-refractivity contribution is 5.92. The Bertz CT molecular complexity index is 919. The number of likely N-dealkylation sites (N-methyl/N-ethyl adjacent to an activating group) is 1. The van der Waals surface area contributed by atoms with E-state index in [1.807, 2.05) is 24.3 Å². The van der Waals surface area contributed by atoms with Gasteiger partial charge in [-0.15, -0.1) is 0 Å². The molecule has 10 nitrogen and oxygen atoms in total. The van der Waals surface area contributed by atoms with Crippen LogP contribution in [0.5, 0.6) is 5.75 Å². The summed E-state index contributed by atoms with van der Waals surface area (Å²) in [5, 5.41) is 7.92. The fourth-order valence-electron chi connectivity index (χ4n) is 2.90. The fourth-order valence-corrected chi connectivity index (χ4v) is 2.90. The molecule has 0 bridgehead atoms. The third-order valence-corrected chi connectivity index (χ3v) is 4.39. The molecule has 0 spiro atoms. The maximum absolute atomic E-state index is 12.5. The van der Waals surface area contributed by atoms with Crippen molar-refractivity contribution < 1.29 is 23.5 Å². The van der Waals surface area contributed by atoms with E-state index in [0.717, 1.165) is 5.69 Å². The van der Waals surface area contributed by atoms with Gasteiger partial charge in [0, 0.05) is 19.7 Å². The minimum absolute atomic E-state index is 0.132. The molecule has 3 heterocycles. The van der Waals surface area contributed by atoms with Crippen LogP contribution in [0.4, 0.5) is 0 Å². The molecule has 1 atom stereocenters. The molecule has 1 fully saturated rings. The average molecular weight is 399 g/mol. The molecular weight excluding hydrogens is 378 g/mol. The molecule has 29 heavy (non-hydrogen) atoms. The first kappa shape index (κ1) is 19.1. The Balaban J connectivity index is 1.30. The van der Waals surface area contributed by atoms with E-state index in [0.29, 0.717) is 37.9 Å². The quantitative estimate of drug-likeness (QED) is 0.586. The van der Waals surface area contributed by atoms with Crippen LogP contribution in [0.2, 0.25) is 0 Å². The molecule has 0 unspecified atom stereocenters. The molecular formula is C19H21N5O5. The van der Waals surface area contributed by atoms with Gasteiger partial charge < -0.3 is 23.6 Å². The van der Waals surface area contributed by atoms with E-state index in [2.05, 4.69) is 15.2 Å². The molecule has 1 aliphatic heterocycles. The lowest BCUT2D eigenvalue weighted by atomic mass is 10.3. The molecule has 10 heteroatoms. The molecule has 152 valence electrons. The largest absolute Gasteiger partial charge is 0.486 e. The van der Waals surface area contributed by atoms with Crippen LogP contribution < -0.4 is 4.74 Å². The Morgan fingerprint density at radius 1 is 1.31 bits per heavy atom. The Hall–Kier alpha value is -3.24. The number of benzene rings is 1. The van der Waals surface area contributed by atoms with Gasteiger partial charge in [-0.3, -0.25) is 4.79 Å². The first-order valence-electron chi connectivity index (χ1n) is 9.17. The Morgan fingerprint density at radius 3 is 2.90 bits per heavy atom. The second-order valence-corrected chi connectivity index (χ2v) is 6.55. The highest BCUT2D eigenvalue weighted by Crippen LogP contribution is 2.17. The molecule has 1 amide bonds. The van der Waals surface area contributed by atoms with Crippen molar-refractivity contribution in [2.45, 2.75) is 12.7 Å². The third-order valence-electron chi connectivity index (χ3n) is 4.39. The van der Waals surface area contributed by atoms with Crippen LogP contribution in [0.1, 0.15) is 16.2 Å². The summed E-state index contributed by atoms with van der Waals surface area (Å²) in [7, 11) is 1.70. The van der Waals surface area contributed by atoms with Gasteiger partial charge in [-0.1, -0.05) is 5.16 Å². The summed E-state index contributed by atoms with van der Waals surface area (Å²) < 4.78 is 23.5. The summed E-state index contributed by atoms with van der Waals surface area (Å²) in [6.45, 7) is 2.19. The molecule has 1 aliphatic rings. The molecule has 2 aromatic heterocycles. The molecule has 1 aromatic carbocycles. The number of aromatic nitrogens is 4. The first-order valence-corrected chi connectivity index (χ1v) is 9.17. The normalized spacial score (nSPS) is 16.5. The van der Waals surface area contributed by atoms with Crippen LogP contribution in [-0.4, -0.2) is 70.2 Å². The van der Waals surface area contributed by atoms with Crippen molar-refractivity contribution in [3.8, 4) is 11.4 Å². The van der Waals surface area contributed by atoms with Crippen LogP contribution in [0.3, 0.4) is 0 Å². The Labute approximate surface area is 167 Å². The summed E-state index contributed by atoms with van der Waals surface area (Å²) in [6, 6.07) is 8.95. The lowest BCUT2D eigenvalue weighted by molar-refractivity contribution is -0.0934. The molecule has 0 saturated carbocycles. The van der Waals surface area contributed by atoms with E-state index in [9.17, 15) is 4.79 Å². The smallest absolute Gasteiger partial charge is 0.275 e. The zero-order chi connectivity index (χ0) is 20.1. The van der Waals surface area contributed by atoms with Gasteiger partial charge in [0.25, 0.3) is 5.91 Å². The van der Waals surface area contributed by atoms with Crippen LogP contribution in [0.15, 0.2) is 47.5 Å². The lowest BCUT2D eigenvalue weighted by Crippen LogP contribution is -2.40. The fraction of sp³-hybridized carbons (Fsp3) is 0.368. The zero-order valence-electron chi connectivity index (χ0n) is 15.9. The standard InChI is InChI=1S/C19H21N5O5/c1-23(9-17-10-26-6-7-27-17)19(25)18-8-16(29-22-18)11-28-15-4-2-14(3-5-15)24-13-20-12-21-24/h2-5,8,12-13,17H,6-7,9-11H2,1H3/t17-/m1/s1. The predicted octanol–water partition coefficient (Wildman–Crippen LogP) is 1.32. The van der Waals surface area contributed by atoms with Crippen molar-refractivity contribution in [2.75, 3.05) is 33.4 Å². The minimum Gasteiger partial charge on any atom is -0.486 e. The lowest BCUT2D eigenvalue weighted by Gasteiger charge is -2.27. The molecule has 0 radical (unpaired) electrons. The average Bonchev–Trinajstić information content (AvgIpc) is 3.45. The number of rotatable bonds is 7.